The van der Waals surface area contributed by atoms with Crippen LogP contribution >= 0.6 is 11.6 Å². The first-order valence-corrected chi connectivity index (χ1v) is 8.04. The highest BCUT2D eigenvalue weighted by atomic mass is 35.5. The lowest BCUT2D eigenvalue weighted by molar-refractivity contribution is 0.108. The van der Waals surface area contributed by atoms with Gasteiger partial charge in [0.05, 0.1) is 6.61 Å². The van der Waals surface area contributed by atoms with E-state index in [0.717, 1.165) is 12.2 Å². The highest BCUT2D eigenvalue weighted by Gasteiger charge is 2.02. The molecule has 0 aliphatic rings. The predicted molar refractivity (Wildman–Crippen MR) is 84.7 cm³/mol. The van der Waals surface area contributed by atoms with E-state index in [4.69, 9.17) is 16.3 Å². The first-order valence-electron chi connectivity index (χ1n) is 7.66. The predicted octanol–water partition coefficient (Wildman–Crippen LogP) is 5.59. The van der Waals surface area contributed by atoms with Crippen molar-refractivity contribution in [2.24, 2.45) is 0 Å². The topological polar surface area (TPSA) is 26.3 Å². The Kier molecular flexibility index (Phi) is 9.14. The first kappa shape index (κ1) is 17.0. The maximum Gasteiger partial charge on any atom is 0.252 e. The number of halogens is 1. The largest absolute Gasteiger partial charge is 0.494 e. The van der Waals surface area contributed by atoms with Gasteiger partial charge in [0.25, 0.3) is 5.24 Å². The maximum absolute atomic E-state index is 11.0. The zero-order chi connectivity index (χ0) is 14.6. The number of carbonyl (C=O) groups excluding carboxylic acids is 1. The zero-order valence-electron chi connectivity index (χ0n) is 12.4. The Balaban J connectivity index is 2.06. The smallest absolute Gasteiger partial charge is 0.252 e. The first-order chi connectivity index (χ1) is 9.74. The Morgan fingerprint density at radius 2 is 1.70 bits per heavy atom. The second kappa shape index (κ2) is 10.7. The summed E-state index contributed by atoms with van der Waals surface area (Å²) in [5, 5.41) is -0.442. The average molecular weight is 297 g/mol. The molecular formula is C17H25ClO2. The van der Waals surface area contributed by atoms with E-state index in [9.17, 15) is 4.79 Å². The highest BCUT2D eigenvalue weighted by molar-refractivity contribution is 6.67. The summed E-state index contributed by atoms with van der Waals surface area (Å²) in [6.07, 6.45) is 10.3. The molecule has 0 spiro atoms. The molecule has 3 heteroatoms. The fourth-order valence-corrected chi connectivity index (χ4v) is 2.25. The van der Waals surface area contributed by atoms with Crippen LogP contribution in [0.1, 0.15) is 68.6 Å². The van der Waals surface area contributed by atoms with Gasteiger partial charge in [-0.05, 0) is 36.2 Å². The van der Waals surface area contributed by atoms with Crippen LogP contribution in [-0.2, 0) is 0 Å². The molecule has 0 heterocycles. The third kappa shape index (κ3) is 7.54. The lowest BCUT2D eigenvalue weighted by Gasteiger charge is -2.07. The Hall–Kier alpha value is -1.02. The van der Waals surface area contributed by atoms with Crippen molar-refractivity contribution in [3.05, 3.63) is 29.8 Å². The van der Waals surface area contributed by atoms with Gasteiger partial charge in [-0.1, -0.05) is 57.9 Å². The van der Waals surface area contributed by atoms with Crippen molar-refractivity contribution in [1.29, 1.82) is 0 Å². The van der Waals surface area contributed by atoms with E-state index in [0.29, 0.717) is 12.2 Å². The number of rotatable bonds is 11. The molecule has 0 unspecified atom stereocenters. The van der Waals surface area contributed by atoms with Gasteiger partial charge in [-0.25, -0.2) is 0 Å². The van der Waals surface area contributed by atoms with Crippen molar-refractivity contribution >= 4 is 16.8 Å². The van der Waals surface area contributed by atoms with Crippen molar-refractivity contribution in [3.8, 4) is 5.75 Å². The monoisotopic (exact) mass is 296 g/mol. The number of hydrogen-bond acceptors (Lipinski definition) is 2. The van der Waals surface area contributed by atoms with Crippen molar-refractivity contribution in [2.75, 3.05) is 6.61 Å². The summed E-state index contributed by atoms with van der Waals surface area (Å²) in [4.78, 5) is 11.0. The molecule has 1 aromatic carbocycles. The SMILES string of the molecule is CCCCCCCCCCOc1cccc(C(=O)Cl)c1. The van der Waals surface area contributed by atoms with Gasteiger partial charge in [-0.15, -0.1) is 0 Å². The second-order valence-corrected chi connectivity index (χ2v) is 5.47. The van der Waals surface area contributed by atoms with Crippen molar-refractivity contribution < 1.29 is 9.53 Å². The van der Waals surface area contributed by atoms with Gasteiger partial charge in [-0.3, -0.25) is 4.79 Å². The minimum Gasteiger partial charge on any atom is -0.494 e. The second-order valence-electron chi connectivity index (χ2n) is 5.12. The van der Waals surface area contributed by atoms with Gasteiger partial charge in [0.15, 0.2) is 0 Å². The lowest BCUT2D eigenvalue weighted by atomic mass is 10.1. The van der Waals surface area contributed by atoms with E-state index in [2.05, 4.69) is 6.92 Å². The number of carbonyl (C=O) groups is 1. The molecule has 1 aromatic rings. The van der Waals surface area contributed by atoms with Gasteiger partial charge in [0.1, 0.15) is 5.75 Å². The molecule has 0 radical (unpaired) electrons. The van der Waals surface area contributed by atoms with Gasteiger partial charge in [-0.2, -0.15) is 0 Å². The van der Waals surface area contributed by atoms with E-state index in [1.807, 2.05) is 6.07 Å². The van der Waals surface area contributed by atoms with Crippen molar-refractivity contribution in [3.63, 3.8) is 0 Å². The van der Waals surface area contributed by atoms with Crippen LogP contribution in [0.15, 0.2) is 24.3 Å². The molecule has 20 heavy (non-hydrogen) atoms. The van der Waals surface area contributed by atoms with E-state index in [1.54, 1.807) is 18.2 Å². The highest BCUT2D eigenvalue weighted by Crippen LogP contribution is 2.15. The molecule has 0 saturated carbocycles. The molecule has 0 N–H and O–H groups in total. The van der Waals surface area contributed by atoms with Gasteiger partial charge >= 0.3 is 0 Å². The van der Waals surface area contributed by atoms with E-state index >= 15 is 0 Å². The van der Waals surface area contributed by atoms with Gasteiger partial charge < -0.3 is 4.74 Å². The van der Waals surface area contributed by atoms with Crippen LogP contribution in [0, 0.1) is 0 Å². The fraction of sp³-hybridized carbons (Fsp3) is 0.588. The summed E-state index contributed by atoms with van der Waals surface area (Å²) in [5.41, 5.74) is 0.486. The van der Waals surface area contributed by atoms with Crippen LogP contribution in [0.2, 0.25) is 0 Å². The summed E-state index contributed by atoms with van der Waals surface area (Å²) >= 11 is 5.44. The van der Waals surface area contributed by atoms with E-state index < -0.39 is 5.24 Å². The zero-order valence-corrected chi connectivity index (χ0v) is 13.1. The summed E-state index contributed by atoms with van der Waals surface area (Å²) in [6, 6.07) is 7.03. The van der Waals surface area contributed by atoms with Crippen LogP contribution in [-0.4, -0.2) is 11.8 Å². The minimum absolute atomic E-state index is 0.442. The minimum atomic E-state index is -0.442. The number of benzene rings is 1. The standard InChI is InChI=1S/C17H25ClO2/c1-2-3-4-5-6-7-8-9-13-20-16-12-10-11-15(14-16)17(18)19/h10-12,14H,2-9,13H2,1H3. The van der Waals surface area contributed by atoms with Gasteiger partial charge in [0.2, 0.25) is 0 Å². The van der Waals surface area contributed by atoms with Crippen LogP contribution in [0.25, 0.3) is 0 Å². The molecular weight excluding hydrogens is 272 g/mol. The number of unbranched alkanes of at least 4 members (excludes halogenated alkanes) is 7. The summed E-state index contributed by atoms with van der Waals surface area (Å²) in [5.74, 6) is 0.722. The molecule has 0 atom stereocenters. The molecule has 0 aromatic heterocycles. The third-order valence-corrected chi connectivity index (χ3v) is 3.55. The van der Waals surface area contributed by atoms with E-state index in [1.165, 1.54) is 44.9 Å². The maximum atomic E-state index is 11.0. The molecule has 0 aliphatic heterocycles. The summed E-state index contributed by atoms with van der Waals surface area (Å²) in [6.45, 7) is 2.94. The number of hydrogen-bond donors (Lipinski definition) is 0. The fourth-order valence-electron chi connectivity index (χ4n) is 2.13. The molecule has 112 valence electrons. The summed E-state index contributed by atoms with van der Waals surface area (Å²) < 4.78 is 5.63. The van der Waals surface area contributed by atoms with Crippen LogP contribution in [0.3, 0.4) is 0 Å². The Labute approximate surface area is 127 Å². The average Bonchev–Trinajstić information content (AvgIpc) is 2.46. The quantitative estimate of drug-likeness (QED) is 0.393. The molecule has 0 bridgehead atoms. The van der Waals surface area contributed by atoms with Crippen molar-refractivity contribution in [1.82, 2.24) is 0 Å². The van der Waals surface area contributed by atoms with Crippen LogP contribution < -0.4 is 4.74 Å². The molecule has 0 aliphatic carbocycles. The van der Waals surface area contributed by atoms with Crippen LogP contribution in [0.4, 0.5) is 0 Å². The number of ether oxygens (including phenoxy) is 1. The Bertz CT molecular complexity index is 390. The lowest BCUT2D eigenvalue weighted by Crippen LogP contribution is -1.98. The summed E-state index contributed by atoms with van der Waals surface area (Å²) in [7, 11) is 0. The van der Waals surface area contributed by atoms with Gasteiger partial charge in [0, 0.05) is 5.56 Å². The third-order valence-electron chi connectivity index (χ3n) is 3.33. The molecule has 2 nitrogen and oxygen atoms in total. The normalized spacial score (nSPS) is 10.5. The van der Waals surface area contributed by atoms with Crippen molar-refractivity contribution in [2.45, 2.75) is 58.3 Å². The molecule has 0 saturated heterocycles. The molecule has 0 fully saturated rings. The van der Waals surface area contributed by atoms with Crippen LogP contribution in [0.5, 0.6) is 5.75 Å². The Morgan fingerprint density at radius 3 is 2.35 bits per heavy atom. The Morgan fingerprint density at radius 1 is 1.05 bits per heavy atom. The molecule has 0 amide bonds. The molecule has 1 rings (SSSR count). The van der Waals surface area contributed by atoms with E-state index in [-0.39, 0.29) is 0 Å².